The van der Waals surface area contributed by atoms with Gasteiger partial charge in [-0.15, -0.1) is 0 Å². The van der Waals surface area contributed by atoms with Gasteiger partial charge in [-0.25, -0.2) is 4.98 Å². The number of hydrogen-bond acceptors (Lipinski definition) is 8. The van der Waals surface area contributed by atoms with Gasteiger partial charge in [0, 0.05) is 18.3 Å². The van der Waals surface area contributed by atoms with E-state index in [0.717, 1.165) is 22.3 Å². The minimum atomic E-state index is -1.21. The molecule has 0 aliphatic rings. The highest BCUT2D eigenvalue weighted by Gasteiger charge is 2.27. The van der Waals surface area contributed by atoms with Crippen molar-refractivity contribution in [2.75, 3.05) is 26.4 Å². The Morgan fingerprint density at radius 2 is 1.64 bits per heavy atom. The van der Waals surface area contributed by atoms with Crippen LogP contribution in [-0.2, 0) is 13.2 Å². The first-order valence-electron chi connectivity index (χ1n) is 10.9. The van der Waals surface area contributed by atoms with Crippen LogP contribution in [0.2, 0.25) is 0 Å². The Morgan fingerprint density at radius 3 is 2.30 bits per heavy atom. The molecule has 0 aliphatic heterocycles. The van der Waals surface area contributed by atoms with Gasteiger partial charge in [0.2, 0.25) is 5.88 Å². The highest BCUT2D eigenvalue weighted by Crippen LogP contribution is 2.26. The molecule has 0 bridgehead atoms. The van der Waals surface area contributed by atoms with Gasteiger partial charge in [-0.2, -0.15) is 4.98 Å². The predicted molar refractivity (Wildman–Crippen MR) is 125 cm³/mol. The highest BCUT2D eigenvalue weighted by molar-refractivity contribution is 5.68. The van der Waals surface area contributed by atoms with Crippen molar-refractivity contribution in [3.05, 3.63) is 71.4 Å². The van der Waals surface area contributed by atoms with E-state index in [1.165, 1.54) is 0 Å². The molecule has 0 atom stereocenters. The summed E-state index contributed by atoms with van der Waals surface area (Å²) < 4.78 is 11.5. The van der Waals surface area contributed by atoms with Crippen molar-refractivity contribution in [1.29, 1.82) is 0 Å². The minimum absolute atomic E-state index is 0.185. The lowest BCUT2D eigenvalue weighted by Gasteiger charge is -2.29. The zero-order valence-electron chi connectivity index (χ0n) is 19.0. The number of nitrogens with zero attached hydrogens (tertiary/aromatic N) is 2. The largest absolute Gasteiger partial charge is 0.478 e. The van der Waals surface area contributed by atoms with Crippen LogP contribution in [-0.4, -0.2) is 57.3 Å². The Morgan fingerprint density at radius 1 is 0.909 bits per heavy atom. The number of aromatic nitrogens is 2. The Balaban J connectivity index is 1.74. The van der Waals surface area contributed by atoms with Crippen molar-refractivity contribution in [2.24, 2.45) is 0 Å². The Kier molecular flexibility index (Phi) is 8.73. The molecule has 8 nitrogen and oxygen atoms in total. The summed E-state index contributed by atoms with van der Waals surface area (Å²) in [5.41, 5.74) is 3.86. The van der Waals surface area contributed by atoms with Crippen LogP contribution >= 0.6 is 0 Å². The monoisotopic (exact) mass is 453 g/mol. The molecule has 0 saturated carbocycles. The van der Waals surface area contributed by atoms with E-state index in [1.807, 2.05) is 37.3 Å². The lowest BCUT2D eigenvalue weighted by molar-refractivity contribution is 0.0411. The summed E-state index contributed by atoms with van der Waals surface area (Å²) in [6.45, 7) is 3.53. The van der Waals surface area contributed by atoms with Gasteiger partial charge in [-0.3, -0.25) is 0 Å². The Hall–Kier alpha value is -3.04. The maximum absolute atomic E-state index is 9.50. The SMILES string of the molecule is CCOc1nc(OCc2cccc(-c3ccccc3)c2C)ncc1CNC(CO)(CO)CO. The maximum atomic E-state index is 9.50. The van der Waals surface area contributed by atoms with Crippen LogP contribution in [0.3, 0.4) is 0 Å². The molecule has 8 heteroatoms. The van der Waals surface area contributed by atoms with Gasteiger partial charge in [-0.05, 0) is 36.1 Å². The molecular weight excluding hydrogens is 422 g/mol. The first-order valence-corrected chi connectivity index (χ1v) is 10.9. The molecule has 0 fully saturated rings. The van der Waals surface area contributed by atoms with Gasteiger partial charge < -0.3 is 30.1 Å². The van der Waals surface area contributed by atoms with Gasteiger partial charge in [0.05, 0.1) is 32.0 Å². The van der Waals surface area contributed by atoms with E-state index in [0.29, 0.717) is 24.7 Å². The Bertz CT molecular complexity index is 1020. The van der Waals surface area contributed by atoms with Crippen molar-refractivity contribution in [1.82, 2.24) is 15.3 Å². The summed E-state index contributed by atoms with van der Waals surface area (Å²) in [5, 5.41) is 31.5. The van der Waals surface area contributed by atoms with Gasteiger partial charge >= 0.3 is 6.01 Å². The van der Waals surface area contributed by atoms with Crippen LogP contribution in [0.5, 0.6) is 11.9 Å². The molecular formula is C25H31N3O5. The third kappa shape index (κ3) is 6.06. The molecule has 4 N–H and O–H groups in total. The van der Waals surface area contributed by atoms with Gasteiger partial charge in [0.25, 0.3) is 0 Å². The number of aliphatic hydroxyl groups excluding tert-OH is 3. The van der Waals surface area contributed by atoms with E-state index in [-0.39, 0.29) is 12.6 Å². The summed E-state index contributed by atoms with van der Waals surface area (Å²) in [5.74, 6) is 0.340. The molecule has 1 heterocycles. The van der Waals surface area contributed by atoms with Crippen molar-refractivity contribution in [3.63, 3.8) is 0 Å². The Labute approximate surface area is 193 Å². The van der Waals surface area contributed by atoms with E-state index < -0.39 is 25.4 Å². The molecule has 176 valence electrons. The van der Waals surface area contributed by atoms with Gasteiger partial charge in [0.15, 0.2) is 0 Å². The van der Waals surface area contributed by atoms with Crippen LogP contribution in [0.15, 0.2) is 54.7 Å². The number of rotatable bonds is 12. The first-order chi connectivity index (χ1) is 16.1. The molecule has 3 rings (SSSR count). The van der Waals surface area contributed by atoms with E-state index in [9.17, 15) is 15.3 Å². The van der Waals surface area contributed by atoms with Crippen LogP contribution in [0.4, 0.5) is 0 Å². The highest BCUT2D eigenvalue weighted by atomic mass is 16.5. The van der Waals surface area contributed by atoms with Crippen molar-refractivity contribution < 1.29 is 24.8 Å². The molecule has 2 aromatic carbocycles. The van der Waals surface area contributed by atoms with E-state index >= 15 is 0 Å². The summed E-state index contributed by atoms with van der Waals surface area (Å²) in [4.78, 5) is 8.67. The second-order valence-corrected chi connectivity index (χ2v) is 7.77. The summed E-state index contributed by atoms with van der Waals surface area (Å²) >= 11 is 0. The fourth-order valence-electron chi connectivity index (χ4n) is 3.34. The molecule has 0 spiro atoms. The predicted octanol–water partition coefficient (Wildman–Crippen LogP) is 2.24. The van der Waals surface area contributed by atoms with Crippen LogP contribution in [0, 0.1) is 6.92 Å². The van der Waals surface area contributed by atoms with E-state index in [4.69, 9.17) is 9.47 Å². The molecule has 0 radical (unpaired) electrons. The maximum Gasteiger partial charge on any atom is 0.320 e. The lowest BCUT2D eigenvalue weighted by atomic mass is 9.97. The smallest absolute Gasteiger partial charge is 0.320 e. The molecule has 3 aromatic rings. The van der Waals surface area contributed by atoms with Crippen molar-refractivity contribution >= 4 is 0 Å². The topological polar surface area (TPSA) is 117 Å². The third-order valence-electron chi connectivity index (χ3n) is 5.53. The number of benzene rings is 2. The quantitative estimate of drug-likeness (QED) is 0.330. The second kappa shape index (κ2) is 11.7. The zero-order chi connectivity index (χ0) is 23.7. The summed E-state index contributed by atoms with van der Waals surface area (Å²) in [7, 11) is 0. The van der Waals surface area contributed by atoms with Crippen molar-refractivity contribution in [3.8, 4) is 23.0 Å². The van der Waals surface area contributed by atoms with Crippen molar-refractivity contribution in [2.45, 2.75) is 32.5 Å². The van der Waals surface area contributed by atoms with Crippen LogP contribution < -0.4 is 14.8 Å². The first kappa shape index (κ1) is 24.6. The second-order valence-electron chi connectivity index (χ2n) is 7.77. The normalized spacial score (nSPS) is 11.4. The average Bonchev–Trinajstić information content (AvgIpc) is 2.86. The lowest BCUT2D eigenvalue weighted by Crippen LogP contribution is -2.54. The zero-order valence-corrected chi connectivity index (χ0v) is 19.0. The fraction of sp³-hybridized carbons (Fsp3) is 0.360. The van der Waals surface area contributed by atoms with Gasteiger partial charge in [0.1, 0.15) is 6.61 Å². The number of aliphatic hydroxyl groups is 3. The summed E-state index contributed by atoms with van der Waals surface area (Å²) in [6.07, 6.45) is 1.57. The molecule has 0 amide bonds. The average molecular weight is 454 g/mol. The molecule has 0 unspecified atom stereocenters. The molecule has 0 aliphatic carbocycles. The van der Waals surface area contributed by atoms with E-state index in [1.54, 1.807) is 6.20 Å². The van der Waals surface area contributed by atoms with Gasteiger partial charge in [-0.1, -0.05) is 48.5 Å². The van der Waals surface area contributed by atoms with E-state index in [2.05, 4.69) is 40.4 Å². The number of hydrogen-bond donors (Lipinski definition) is 4. The summed E-state index contributed by atoms with van der Waals surface area (Å²) in [6, 6.07) is 16.5. The van der Waals surface area contributed by atoms with Crippen LogP contribution in [0.25, 0.3) is 11.1 Å². The number of nitrogens with one attached hydrogen (secondary N) is 1. The standard InChI is InChI=1S/C25H31N3O5/c1-3-32-23-21(13-27-25(15-29,16-30)17-31)12-26-24(28-23)33-14-20-10-7-11-22(18(20)2)19-8-5-4-6-9-19/h4-12,27,29-31H,3,13-17H2,1-2H3. The molecule has 1 aromatic heterocycles. The third-order valence-corrected chi connectivity index (χ3v) is 5.53. The number of ether oxygens (including phenoxy) is 2. The van der Waals surface area contributed by atoms with Crippen LogP contribution in [0.1, 0.15) is 23.6 Å². The fourth-order valence-corrected chi connectivity index (χ4v) is 3.34. The minimum Gasteiger partial charge on any atom is -0.478 e. The molecule has 0 saturated heterocycles. The molecule has 33 heavy (non-hydrogen) atoms.